The number of rotatable bonds is 6. The van der Waals surface area contributed by atoms with E-state index in [0.717, 1.165) is 6.26 Å². The summed E-state index contributed by atoms with van der Waals surface area (Å²) in [6.07, 6.45) is 0.746. The van der Waals surface area contributed by atoms with Crippen LogP contribution >= 0.6 is 0 Å². The highest BCUT2D eigenvalue weighted by Crippen LogP contribution is 2.46. The van der Waals surface area contributed by atoms with Crippen LogP contribution in [0.5, 0.6) is 0 Å². The Morgan fingerprint density at radius 3 is 2.59 bits per heavy atom. The minimum absolute atomic E-state index is 0.0455. The predicted octanol–water partition coefficient (Wildman–Crippen LogP) is 0.143. The molecule has 2 bridgehead atoms. The van der Waals surface area contributed by atoms with E-state index in [-0.39, 0.29) is 18.3 Å². The molecule has 2 fully saturated rings. The fourth-order valence-corrected chi connectivity index (χ4v) is 5.17. The second-order valence-electron chi connectivity index (χ2n) is 9.28. The summed E-state index contributed by atoms with van der Waals surface area (Å²) in [7, 11) is -5.73. The maximum absolute atomic E-state index is 12.3. The standard InChI is InChI=1S/C17H29N3O7SSi/c1-16(2,3)29(5,6)26-10-17-9-25-12(13(17)19-28(4,23)24)14(27-17)20-8-7-11(21)18-15(20)22/h7-8,12-14,19H,9-10H2,1-6H3,(H,18,21,22)/t12-,13+,14-,17-/m1/s1. The molecule has 2 aliphatic rings. The number of sulfonamides is 1. The molecule has 4 atom stereocenters. The molecule has 10 nitrogen and oxygen atoms in total. The second-order valence-corrected chi connectivity index (χ2v) is 15.9. The van der Waals surface area contributed by atoms with Crippen molar-refractivity contribution in [3.05, 3.63) is 33.1 Å². The molecule has 2 aliphatic heterocycles. The third-order valence-electron chi connectivity index (χ3n) is 6.00. The first kappa shape index (κ1) is 22.4. The zero-order chi connectivity index (χ0) is 21.8. The first-order valence-electron chi connectivity index (χ1n) is 9.37. The lowest BCUT2D eigenvalue weighted by atomic mass is 9.98. The van der Waals surface area contributed by atoms with Crippen LogP contribution in [0.15, 0.2) is 21.9 Å². The quantitative estimate of drug-likeness (QED) is 0.594. The van der Waals surface area contributed by atoms with Gasteiger partial charge in [0.15, 0.2) is 14.5 Å². The number of aromatic amines is 1. The number of ether oxygens (including phenoxy) is 2. The van der Waals surface area contributed by atoms with Crippen LogP contribution in [-0.4, -0.2) is 63.5 Å². The molecule has 0 unspecified atom stereocenters. The normalized spacial score (nSPS) is 30.1. The minimum atomic E-state index is -3.58. The van der Waals surface area contributed by atoms with Gasteiger partial charge in [-0.3, -0.25) is 14.3 Å². The molecule has 1 aromatic heterocycles. The van der Waals surface area contributed by atoms with Crippen molar-refractivity contribution in [3.63, 3.8) is 0 Å². The van der Waals surface area contributed by atoms with Gasteiger partial charge >= 0.3 is 5.69 Å². The van der Waals surface area contributed by atoms with Gasteiger partial charge in [-0.05, 0) is 18.1 Å². The van der Waals surface area contributed by atoms with Gasteiger partial charge in [-0.25, -0.2) is 17.9 Å². The zero-order valence-electron chi connectivity index (χ0n) is 17.5. The third kappa shape index (κ3) is 4.27. The highest BCUT2D eigenvalue weighted by atomic mass is 32.2. The molecule has 3 heterocycles. The van der Waals surface area contributed by atoms with E-state index in [9.17, 15) is 18.0 Å². The molecule has 2 N–H and O–H groups in total. The first-order chi connectivity index (χ1) is 13.2. The van der Waals surface area contributed by atoms with Gasteiger partial charge in [-0.1, -0.05) is 20.8 Å². The van der Waals surface area contributed by atoms with E-state index in [0.29, 0.717) is 0 Å². The van der Waals surface area contributed by atoms with Crippen molar-refractivity contribution in [1.29, 1.82) is 0 Å². The fraction of sp³-hybridized carbons (Fsp3) is 0.765. The van der Waals surface area contributed by atoms with Crippen molar-refractivity contribution in [2.45, 2.75) is 62.9 Å². The largest absolute Gasteiger partial charge is 0.414 e. The van der Waals surface area contributed by atoms with Crippen molar-refractivity contribution in [2.24, 2.45) is 0 Å². The molecule has 0 spiro atoms. The number of fused-ring (bicyclic) bond motifs is 2. The molecule has 0 amide bonds. The van der Waals surface area contributed by atoms with Crippen LogP contribution in [0.3, 0.4) is 0 Å². The van der Waals surface area contributed by atoms with Crippen molar-refractivity contribution < 1.29 is 22.3 Å². The van der Waals surface area contributed by atoms with Crippen LogP contribution in [0.2, 0.25) is 18.1 Å². The molecular weight excluding hydrogens is 418 g/mol. The minimum Gasteiger partial charge on any atom is -0.414 e. The maximum Gasteiger partial charge on any atom is 0.330 e. The van der Waals surface area contributed by atoms with Crippen LogP contribution in [0, 0.1) is 0 Å². The number of nitrogens with one attached hydrogen (secondary N) is 2. The number of aromatic nitrogens is 2. The van der Waals surface area contributed by atoms with E-state index in [1.165, 1.54) is 16.8 Å². The van der Waals surface area contributed by atoms with E-state index >= 15 is 0 Å². The molecule has 12 heteroatoms. The van der Waals surface area contributed by atoms with Crippen LogP contribution < -0.4 is 16.0 Å². The summed E-state index contributed by atoms with van der Waals surface area (Å²) in [5, 5.41) is -0.0455. The number of hydrogen-bond acceptors (Lipinski definition) is 7. The molecule has 29 heavy (non-hydrogen) atoms. The van der Waals surface area contributed by atoms with Gasteiger partial charge in [0, 0.05) is 12.3 Å². The summed E-state index contributed by atoms with van der Waals surface area (Å²) in [6.45, 7) is 10.8. The van der Waals surface area contributed by atoms with Crippen LogP contribution in [0.1, 0.15) is 27.0 Å². The molecule has 0 aromatic carbocycles. The Hall–Kier alpha value is -1.31. The Balaban J connectivity index is 1.95. The van der Waals surface area contributed by atoms with Gasteiger partial charge in [0.1, 0.15) is 11.7 Å². The summed E-state index contributed by atoms with van der Waals surface area (Å²) in [5.74, 6) is 0. The summed E-state index contributed by atoms with van der Waals surface area (Å²) in [6, 6.07) is 0.472. The van der Waals surface area contributed by atoms with Gasteiger partial charge in [0.25, 0.3) is 5.56 Å². The summed E-state index contributed by atoms with van der Waals surface area (Å²) >= 11 is 0. The smallest absolute Gasteiger partial charge is 0.330 e. The molecule has 0 saturated carbocycles. The summed E-state index contributed by atoms with van der Waals surface area (Å²) in [5.41, 5.74) is -2.27. The monoisotopic (exact) mass is 447 g/mol. The van der Waals surface area contributed by atoms with Crippen LogP contribution in [0.4, 0.5) is 0 Å². The van der Waals surface area contributed by atoms with E-state index in [1.807, 2.05) is 0 Å². The van der Waals surface area contributed by atoms with E-state index in [4.69, 9.17) is 13.9 Å². The van der Waals surface area contributed by atoms with E-state index in [2.05, 4.69) is 43.6 Å². The molecule has 1 aromatic rings. The Kier molecular flexibility index (Phi) is 5.50. The van der Waals surface area contributed by atoms with E-state index < -0.39 is 53.6 Å². The third-order valence-corrected chi connectivity index (χ3v) is 11.2. The topological polar surface area (TPSA) is 129 Å². The van der Waals surface area contributed by atoms with Crippen molar-refractivity contribution in [1.82, 2.24) is 14.3 Å². The van der Waals surface area contributed by atoms with Gasteiger partial charge < -0.3 is 13.9 Å². The van der Waals surface area contributed by atoms with Gasteiger partial charge in [-0.2, -0.15) is 0 Å². The number of H-pyrrole nitrogens is 1. The molecule has 0 aliphatic carbocycles. The predicted molar refractivity (Wildman–Crippen MR) is 109 cm³/mol. The van der Waals surface area contributed by atoms with Crippen LogP contribution in [-0.2, 0) is 23.9 Å². The van der Waals surface area contributed by atoms with Crippen LogP contribution in [0.25, 0.3) is 0 Å². The lowest BCUT2D eigenvalue weighted by Crippen LogP contribution is -2.55. The molecule has 2 saturated heterocycles. The van der Waals surface area contributed by atoms with Crippen molar-refractivity contribution in [2.75, 3.05) is 19.5 Å². The maximum atomic E-state index is 12.3. The van der Waals surface area contributed by atoms with Gasteiger partial charge in [0.05, 0.1) is 25.5 Å². The Bertz CT molecular complexity index is 997. The molecule has 0 radical (unpaired) electrons. The fourth-order valence-electron chi connectivity index (χ4n) is 3.32. The van der Waals surface area contributed by atoms with Crippen molar-refractivity contribution in [3.8, 4) is 0 Å². The Morgan fingerprint density at radius 2 is 2.03 bits per heavy atom. The molecule has 164 valence electrons. The lowest BCUT2D eigenvalue weighted by molar-refractivity contribution is -0.183. The highest BCUT2D eigenvalue weighted by Gasteiger charge is 2.63. The highest BCUT2D eigenvalue weighted by molar-refractivity contribution is 7.88. The van der Waals surface area contributed by atoms with Crippen molar-refractivity contribution >= 4 is 18.3 Å². The summed E-state index contributed by atoms with van der Waals surface area (Å²) in [4.78, 5) is 25.8. The number of nitrogens with zero attached hydrogens (tertiary/aromatic N) is 1. The molecule has 3 rings (SSSR count). The Morgan fingerprint density at radius 1 is 1.38 bits per heavy atom. The van der Waals surface area contributed by atoms with E-state index in [1.54, 1.807) is 0 Å². The average Bonchev–Trinajstić information content (AvgIpc) is 3.02. The summed E-state index contributed by atoms with van der Waals surface area (Å²) < 4.78 is 46.2. The lowest BCUT2D eigenvalue weighted by Gasteiger charge is -2.40. The second kappa shape index (κ2) is 7.13. The molecular formula is C17H29N3O7SSi. The van der Waals surface area contributed by atoms with Gasteiger partial charge in [-0.15, -0.1) is 0 Å². The number of hydrogen-bond donors (Lipinski definition) is 2. The first-order valence-corrected chi connectivity index (χ1v) is 14.2. The SMILES string of the molecule is CC(C)(C)[Si](C)(C)OC[C@@]12CO[C@@H]([C@H](n3ccc(=O)[nH]c3=O)O1)[C@@H]2NS(C)(=O)=O. The Labute approximate surface area is 170 Å². The zero-order valence-corrected chi connectivity index (χ0v) is 19.3. The average molecular weight is 448 g/mol. The van der Waals surface area contributed by atoms with Gasteiger partial charge in [0.2, 0.25) is 10.0 Å².